The number of allylic oxidation sites excluding steroid dienone is 1. The minimum Gasteiger partial charge on any atom is -0.507 e. The smallest absolute Gasteiger partial charge is 0.302 e. The van der Waals surface area contributed by atoms with Crippen LogP contribution in [0, 0.1) is 42.9 Å². The Labute approximate surface area is 273 Å². The Hall–Kier alpha value is -5.39. The van der Waals surface area contributed by atoms with Crippen LogP contribution in [0.4, 0.5) is 0 Å². The lowest BCUT2D eigenvalue weighted by Crippen LogP contribution is -2.55. The fourth-order valence-corrected chi connectivity index (χ4v) is 9.30. The van der Waals surface area contributed by atoms with Crippen molar-refractivity contribution in [1.29, 1.82) is 0 Å². The number of ketones is 3. The monoisotopic (exact) mass is 656 g/mol. The summed E-state index contributed by atoms with van der Waals surface area (Å²) in [5.41, 5.74) is -2.48. The summed E-state index contributed by atoms with van der Waals surface area (Å²) in [6, 6.07) is 5.59. The molecule has 0 amide bonds. The fourth-order valence-electron chi connectivity index (χ4n) is 9.30. The number of carbonyl (C=O) groups is 5. The van der Waals surface area contributed by atoms with Gasteiger partial charge in [-0.1, -0.05) is 0 Å². The maximum absolute atomic E-state index is 15.2. The molecule has 2 bridgehead atoms. The second kappa shape index (κ2) is 10.3. The first-order chi connectivity index (χ1) is 22.6. The van der Waals surface area contributed by atoms with Crippen LogP contribution in [0.15, 0.2) is 29.8 Å². The number of benzene rings is 3. The molecule has 3 aromatic carbocycles. The number of phenols is 4. The third-order valence-electron chi connectivity index (χ3n) is 10.7. The molecule has 3 aromatic rings. The number of aliphatic hydroxyl groups excluding tert-OH is 1. The van der Waals surface area contributed by atoms with Crippen molar-refractivity contribution in [2.45, 2.75) is 40.0 Å². The van der Waals surface area contributed by atoms with E-state index in [9.17, 15) is 39.9 Å². The minimum atomic E-state index is -2.21. The second-order valence-electron chi connectivity index (χ2n) is 13.4. The Bertz CT molecular complexity index is 2090. The van der Waals surface area contributed by atoms with E-state index in [0.29, 0.717) is 11.1 Å². The normalized spacial score (nSPS) is 26.9. The van der Waals surface area contributed by atoms with Crippen LogP contribution in [0.3, 0.4) is 0 Å². The molecule has 0 radical (unpaired) electrons. The first-order valence-electron chi connectivity index (χ1n) is 15.5. The van der Waals surface area contributed by atoms with Gasteiger partial charge in [-0.15, -0.1) is 0 Å². The molecule has 0 saturated heterocycles. The van der Waals surface area contributed by atoms with Crippen molar-refractivity contribution in [2.75, 3.05) is 13.2 Å². The van der Waals surface area contributed by atoms with E-state index < -0.39 is 99.7 Å². The lowest BCUT2D eigenvalue weighted by molar-refractivity contribution is -0.145. The summed E-state index contributed by atoms with van der Waals surface area (Å²) < 4.78 is 10.8. The highest BCUT2D eigenvalue weighted by atomic mass is 16.5. The molecule has 4 aliphatic carbocycles. The van der Waals surface area contributed by atoms with E-state index in [4.69, 9.17) is 9.47 Å². The number of aromatic hydroxyl groups is 4. The lowest BCUT2D eigenvalue weighted by Gasteiger charge is -2.48. The molecule has 4 aliphatic rings. The van der Waals surface area contributed by atoms with Gasteiger partial charge in [0.05, 0.1) is 40.7 Å². The topological polar surface area (TPSA) is 205 Å². The van der Waals surface area contributed by atoms with Crippen molar-refractivity contribution in [3.8, 4) is 23.0 Å². The number of rotatable bonds is 4. The molecule has 0 aromatic heterocycles. The maximum Gasteiger partial charge on any atom is 0.302 e. The average molecular weight is 657 g/mol. The van der Waals surface area contributed by atoms with Gasteiger partial charge in [0.2, 0.25) is 0 Å². The summed E-state index contributed by atoms with van der Waals surface area (Å²) in [6.07, 6.45) is -0.336. The number of phenolic OH excluding ortho intramolecular Hbond substituents is 4. The average Bonchev–Trinajstić information content (AvgIpc) is 3.23. The Morgan fingerprint density at radius 1 is 0.833 bits per heavy atom. The molecule has 7 rings (SSSR count). The molecule has 12 heteroatoms. The predicted octanol–water partition coefficient (Wildman–Crippen LogP) is 4.29. The van der Waals surface area contributed by atoms with E-state index in [1.54, 1.807) is 13.8 Å². The van der Waals surface area contributed by atoms with Gasteiger partial charge in [0.15, 0.2) is 17.3 Å². The zero-order valence-corrected chi connectivity index (χ0v) is 26.4. The summed E-state index contributed by atoms with van der Waals surface area (Å²) in [5.74, 6) is -12.4. The van der Waals surface area contributed by atoms with Gasteiger partial charge in [-0.05, 0) is 61.1 Å². The van der Waals surface area contributed by atoms with Crippen LogP contribution in [-0.4, -0.2) is 68.0 Å². The molecule has 0 heterocycles. The zero-order valence-electron chi connectivity index (χ0n) is 26.4. The molecule has 1 spiro atoms. The van der Waals surface area contributed by atoms with Crippen molar-refractivity contribution in [2.24, 2.45) is 29.1 Å². The fraction of sp³-hybridized carbons (Fsp3) is 0.361. The van der Waals surface area contributed by atoms with Gasteiger partial charge in [-0.2, -0.15) is 0 Å². The number of hydrogen-bond donors (Lipinski definition) is 5. The highest BCUT2D eigenvalue weighted by Crippen LogP contribution is 2.74. The molecule has 2 fully saturated rings. The van der Waals surface area contributed by atoms with E-state index in [1.807, 2.05) is 0 Å². The maximum atomic E-state index is 15.2. The molecule has 6 atom stereocenters. The van der Waals surface area contributed by atoms with Crippen LogP contribution >= 0.6 is 0 Å². The molecular formula is C36H32O12. The number of Topliss-reactive ketones (excluding diaryl/α,β-unsaturated/α-hetero) is 3. The molecule has 48 heavy (non-hydrogen) atoms. The van der Waals surface area contributed by atoms with Gasteiger partial charge in [0, 0.05) is 54.5 Å². The van der Waals surface area contributed by atoms with Crippen LogP contribution in [0.1, 0.15) is 69.2 Å². The van der Waals surface area contributed by atoms with E-state index in [1.165, 1.54) is 24.3 Å². The van der Waals surface area contributed by atoms with Gasteiger partial charge in [-0.3, -0.25) is 24.0 Å². The number of esters is 2. The van der Waals surface area contributed by atoms with Crippen LogP contribution in [0.25, 0.3) is 16.5 Å². The number of hydrogen-bond acceptors (Lipinski definition) is 12. The van der Waals surface area contributed by atoms with Crippen LogP contribution in [0.5, 0.6) is 23.0 Å². The van der Waals surface area contributed by atoms with Crippen molar-refractivity contribution in [1.82, 2.24) is 0 Å². The van der Waals surface area contributed by atoms with Crippen molar-refractivity contribution in [3.63, 3.8) is 0 Å². The molecule has 5 N–H and O–H groups in total. The number of carbonyl (C=O) groups excluding carboxylic acids is 5. The van der Waals surface area contributed by atoms with E-state index in [0.717, 1.165) is 13.8 Å². The quantitative estimate of drug-likeness (QED) is 0.197. The van der Waals surface area contributed by atoms with E-state index in [-0.39, 0.29) is 51.6 Å². The predicted molar refractivity (Wildman–Crippen MR) is 167 cm³/mol. The third-order valence-corrected chi connectivity index (χ3v) is 10.7. The van der Waals surface area contributed by atoms with Crippen LogP contribution in [-0.2, 0) is 23.9 Å². The van der Waals surface area contributed by atoms with Gasteiger partial charge < -0.3 is 35.0 Å². The van der Waals surface area contributed by atoms with Crippen LogP contribution in [0.2, 0.25) is 0 Å². The highest BCUT2D eigenvalue weighted by Gasteiger charge is 2.76. The minimum absolute atomic E-state index is 0.0324. The SMILES string of the molecule is CC(=O)OC[C@H]1CC(=O)C2=C(O)c3cc(C)cc(O)c3C(=O)C23[C@@H]1[C@H]1c2c(c(O)c4cc(C)cc(O)c4c2O)C(=O)[C@H]3[C@@H]1COC(C)=O. The standard InChI is InChI=1S/C36H32O12/c1-12-5-17-23(20(39)7-12)33(44)26-25-19(11-48-15(4)38)29(34(45)27(26)31(17)42)36-28(25)16(10-47-14(3)37)9-22(41)30(36)32(43)18-6-13(2)8-21(40)24(18)35(36)46/h5-8,16,19,25,28-29,39-40,42-44H,9-11H2,1-4H3/t16-,19-,25-,28+,29-,36?/m1/s1. The largest absolute Gasteiger partial charge is 0.507 e. The first-order valence-corrected chi connectivity index (χ1v) is 15.5. The van der Waals surface area contributed by atoms with Gasteiger partial charge >= 0.3 is 11.9 Å². The van der Waals surface area contributed by atoms with Crippen molar-refractivity contribution < 1.29 is 59.0 Å². The summed E-state index contributed by atoms with van der Waals surface area (Å²) in [7, 11) is 0. The first kappa shape index (κ1) is 31.2. The molecule has 1 unspecified atom stereocenters. The third kappa shape index (κ3) is 3.85. The summed E-state index contributed by atoms with van der Waals surface area (Å²) >= 11 is 0. The van der Waals surface area contributed by atoms with Crippen molar-refractivity contribution in [3.05, 3.63) is 63.2 Å². The molecule has 248 valence electrons. The highest BCUT2D eigenvalue weighted by molar-refractivity contribution is 6.24. The van der Waals surface area contributed by atoms with E-state index >= 15 is 9.59 Å². The molecule has 0 aliphatic heterocycles. The zero-order chi connectivity index (χ0) is 34.7. The number of ether oxygens (including phenoxy) is 2. The number of aryl methyl sites for hydroxylation is 2. The Morgan fingerprint density at radius 3 is 2.12 bits per heavy atom. The summed E-state index contributed by atoms with van der Waals surface area (Å²) in [6.45, 7) is 4.72. The van der Waals surface area contributed by atoms with E-state index in [2.05, 4.69) is 0 Å². The van der Waals surface area contributed by atoms with Gasteiger partial charge in [0.25, 0.3) is 0 Å². The molecule has 12 nitrogen and oxygen atoms in total. The summed E-state index contributed by atoms with van der Waals surface area (Å²) in [4.78, 5) is 68.6. The Kier molecular flexibility index (Phi) is 6.70. The van der Waals surface area contributed by atoms with Crippen molar-refractivity contribution >= 4 is 45.8 Å². The molecule has 2 saturated carbocycles. The lowest BCUT2D eigenvalue weighted by atomic mass is 9.51. The van der Waals surface area contributed by atoms with Crippen LogP contribution < -0.4 is 0 Å². The number of aliphatic hydroxyl groups is 1. The van der Waals surface area contributed by atoms with Gasteiger partial charge in [-0.25, -0.2) is 0 Å². The van der Waals surface area contributed by atoms with Gasteiger partial charge in [0.1, 0.15) is 28.8 Å². The summed E-state index contributed by atoms with van der Waals surface area (Å²) in [5, 5.41) is 57.5. The number of fused-ring (bicyclic) bond motifs is 7. The Balaban J connectivity index is 1.63. The molecular weight excluding hydrogens is 624 g/mol. The second-order valence-corrected chi connectivity index (χ2v) is 13.4. The Morgan fingerprint density at radius 2 is 1.46 bits per heavy atom.